The Bertz CT molecular complexity index is 720. The number of amides is 2. The van der Waals surface area contributed by atoms with Crippen molar-refractivity contribution in [2.24, 2.45) is 5.41 Å². The average molecular weight is 400 g/mol. The van der Waals surface area contributed by atoms with Crippen molar-refractivity contribution in [1.29, 1.82) is 0 Å². The molecule has 2 fully saturated rings. The van der Waals surface area contributed by atoms with E-state index in [1.807, 2.05) is 20.8 Å². The Morgan fingerprint density at radius 2 is 2.08 bits per heavy atom. The highest BCUT2D eigenvalue weighted by Gasteiger charge is 2.56. The van der Waals surface area contributed by atoms with Crippen LogP contribution in [-0.4, -0.2) is 35.2 Å². The Morgan fingerprint density at radius 3 is 2.62 bits per heavy atom. The summed E-state index contributed by atoms with van der Waals surface area (Å²) < 4.78 is 5.28. The fourth-order valence-electron chi connectivity index (χ4n) is 3.62. The van der Waals surface area contributed by atoms with E-state index in [0.29, 0.717) is 29.7 Å². The molecule has 2 heterocycles. The first-order valence-electron chi connectivity index (χ1n) is 8.98. The monoisotopic (exact) mass is 399 g/mol. The minimum absolute atomic E-state index is 0.0140. The van der Waals surface area contributed by atoms with Crippen LogP contribution < -0.4 is 10.2 Å². The molecule has 2 aliphatic rings. The van der Waals surface area contributed by atoms with E-state index in [2.05, 4.69) is 24.1 Å². The molecule has 1 saturated heterocycles. The van der Waals surface area contributed by atoms with Crippen molar-refractivity contribution in [3.63, 3.8) is 0 Å². The fourth-order valence-corrected chi connectivity index (χ4v) is 5.06. The maximum Gasteiger partial charge on any atom is 0.407 e. The van der Waals surface area contributed by atoms with E-state index in [-0.39, 0.29) is 23.3 Å². The zero-order valence-electron chi connectivity index (χ0n) is 15.9. The minimum Gasteiger partial charge on any atom is -0.444 e. The third kappa shape index (κ3) is 3.69. The second kappa shape index (κ2) is 6.68. The number of aromatic nitrogens is 1. The van der Waals surface area contributed by atoms with Gasteiger partial charge in [0.15, 0.2) is 5.13 Å². The molecule has 0 atom stereocenters. The lowest BCUT2D eigenvalue weighted by atomic mass is 9.64. The third-order valence-electron chi connectivity index (χ3n) is 4.86. The van der Waals surface area contributed by atoms with Gasteiger partial charge in [0.05, 0.1) is 5.41 Å². The number of carbonyl (C=O) groups excluding carboxylic acids is 2. The molecule has 1 aliphatic carbocycles. The highest BCUT2D eigenvalue weighted by Crippen LogP contribution is 2.51. The average Bonchev–Trinajstić information content (AvgIpc) is 2.98. The van der Waals surface area contributed by atoms with Crippen LogP contribution in [0.4, 0.5) is 9.93 Å². The Kier molecular flexibility index (Phi) is 4.99. The lowest BCUT2D eigenvalue weighted by Crippen LogP contribution is -2.54. The molecular weight excluding hydrogens is 374 g/mol. The molecule has 1 aromatic heterocycles. The number of rotatable bonds is 3. The number of nitrogens with one attached hydrogen (secondary N) is 1. The topological polar surface area (TPSA) is 71.5 Å². The second-order valence-electron chi connectivity index (χ2n) is 8.54. The second-order valence-corrected chi connectivity index (χ2v) is 9.91. The standard InChI is InChI=1S/C18H26ClN3O3S/c1-10(2)12-13(19)21-15(26-12)22-7-6-18(14(22)23)8-11(9-18)20-16(24)25-17(3,4)5/h10-11H,6-9H2,1-5H3,(H,20,24). The fraction of sp³-hybridized carbons (Fsp3) is 0.722. The smallest absolute Gasteiger partial charge is 0.407 e. The van der Waals surface area contributed by atoms with Gasteiger partial charge in [-0.25, -0.2) is 9.78 Å². The van der Waals surface area contributed by atoms with Crippen LogP contribution in [0.15, 0.2) is 0 Å². The molecule has 1 spiro atoms. The van der Waals surface area contributed by atoms with Crippen molar-refractivity contribution in [3.8, 4) is 0 Å². The molecule has 1 aromatic rings. The van der Waals surface area contributed by atoms with Gasteiger partial charge in [0.25, 0.3) is 0 Å². The maximum absolute atomic E-state index is 13.0. The van der Waals surface area contributed by atoms with Crippen LogP contribution in [0.25, 0.3) is 0 Å². The van der Waals surface area contributed by atoms with Crippen LogP contribution >= 0.6 is 22.9 Å². The van der Waals surface area contributed by atoms with Gasteiger partial charge in [-0.3, -0.25) is 9.69 Å². The SMILES string of the molecule is CC(C)c1sc(N2CCC3(CC(NC(=O)OC(C)(C)C)C3)C2=O)nc1Cl. The summed E-state index contributed by atoms with van der Waals surface area (Å²) in [6, 6.07) is -0.0140. The van der Waals surface area contributed by atoms with E-state index in [1.165, 1.54) is 11.3 Å². The molecule has 26 heavy (non-hydrogen) atoms. The van der Waals surface area contributed by atoms with E-state index < -0.39 is 11.7 Å². The Morgan fingerprint density at radius 1 is 1.42 bits per heavy atom. The highest BCUT2D eigenvalue weighted by molar-refractivity contribution is 7.16. The molecule has 8 heteroatoms. The molecule has 144 valence electrons. The predicted molar refractivity (Wildman–Crippen MR) is 103 cm³/mol. The first-order chi connectivity index (χ1) is 12.0. The molecule has 0 unspecified atom stereocenters. The Labute approximate surface area is 163 Å². The van der Waals surface area contributed by atoms with E-state index in [1.54, 1.807) is 4.90 Å². The van der Waals surface area contributed by atoms with E-state index >= 15 is 0 Å². The molecule has 1 aliphatic heterocycles. The molecule has 0 radical (unpaired) electrons. The molecule has 0 aromatic carbocycles. The van der Waals surface area contributed by atoms with Crippen LogP contribution in [0.3, 0.4) is 0 Å². The number of carbonyl (C=O) groups is 2. The van der Waals surface area contributed by atoms with Gasteiger partial charge in [0, 0.05) is 17.5 Å². The van der Waals surface area contributed by atoms with Crippen molar-refractivity contribution in [2.75, 3.05) is 11.4 Å². The first-order valence-corrected chi connectivity index (χ1v) is 10.2. The van der Waals surface area contributed by atoms with Crippen LogP contribution in [-0.2, 0) is 9.53 Å². The van der Waals surface area contributed by atoms with Gasteiger partial charge in [-0.05, 0) is 46.0 Å². The van der Waals surface area contributed by atoms with Gasteiger partial charge in [-0.2, -0.15) is 0 Å². The molecule has 3 rings (SSSR count). The highest BCUT2D eigenvalue weighted by atomic mass is 35.5. The number of thiazole rings is 1. The summed E-state index contributed by atoms with van der Waals surface area (Å²) in [5.41, 5.74) is -0.903. The lowest BCUT2D eigenvalue weighted by Gasteiger charge is -2.43. The Hall–Kier alpha value is -1.34. The van der Waals surface area contributed by atoms with E-state index in [9.17, 15) is 9.59 Å². The quantitative estimate of drug-likeness (QED) is 0.821. The zero-order chi connectivity index (χ0) is 19.3. The van der Waals surface area contributed by atoms with Gasteiger partial charge in [0.2, 0.25) is 5.91 Å². The lowest BCUT2D eigenvalue weighted by molar-refractivity contribution is -0.131. The summed E-state index contributed by atoms with van der Waals surface area (Å²) in [4.78, 5) is 32.0. The summed E-state index contributed by atoms with van der Waals surface area (Å²) >= 11 is 7.71. The minimum atomic E-state index is -0.524. The number of halogens is 1. The molecule has 1 saturated carbocycles. The number of anilines is 1. The van der Waals surface area contributed by atoms with Crippen molar-refractivity contribution in [1.82, 2.24) is 10.3 Å². The van der Waals surface area contributed by atoms with Gasteiger partial charge >= 0.3 is 6.09 Å². The normalized spacial score (nSPS) is 25.7. The van der Waals surface area contributed by atoms with Gasteiger partial charge in [-0.15, -0.1) is 0 Å². The molecular formula is C18H26ClN3O3S. The summed E-state index contributed by atoms with van der Waals surface area (Å²) in [5, 5.41) is 4.04. The van der Waals surface area contributed by atoms with Gasteiger partial charge < -0.3 is 10.1 Å². The molecule has 2 amide bonds. The number of hydrogen-bond acceptors (Lipinski definition) is 5. The van der Waals surface area contributed by atoms with Crippen molar-refractivity contribution in [2.45, 2.75) is 71.4 Å². The Balaban J connectivity index is 1.61. The van der Waals surface area contributed by atoms with Gasteiger partial charge in [0.1, 0.15) is 10.8 Å². The largest absolute Gasteiger partial charge is 0.444 e. The maximum atomic E-state index is 13.0. The van der Waals surface area contributed by atoms with Crippen LogP contribution in [0.1, 0.15) is 64.7 Å². The predicted octanol–water partition coefficient (Wildman–Crippen LogP) is 4.33. The number of ether oxygens (including phenoxy) is 1. The summed E-state index contributed by atoms with van der Waals surface area (Å²) in [7, 11) is 0. The first kappa shape index (κ1) is 19.4. The van der Waals surface area contributed by atoms with E-state index in [0.717, 1.165) is 11.3 Å². The summed E-state index contributed by atoms with van der Waals surface area (Å²) in [5.74, 6) is 0.381. The number of hydrogen-bond donors (Lipinski definition) is 1. The third-order valence-corrected chi connectivity index (χ3v) is 6.64. The zero-order valence-corrected chi connectivity index (χ0v) is 17.5. The molecule has 6 nitrogen and oxygen atoms in total. The van der Waals surface area contributed by atoms with Crippen LogP contribution in [0, 0.1) is 5.41 Å². The van der Waals surface area contributed by atoms with Crippen molar-refractivity contribution < 1.29 is 14.3 Å². The number of alkyl carbamates (subject to hydrolysis) is 1. The van der Waals surface area contributed by atoms with Crippen LogP contribution in [0.2, 0.25) is 5.15 Å². The van der Waals surface area contributed by atoms with E-state index in [4.69, 9.17) is 16.3 Å². The number of nitrogens with zero attached hydrogens (tertiary/aromatic N) is 2. The molecule has 0 bridgehead atoms. The van der Waals surface area contributed by atoms with Gasteiger partial charge in [-0.1, -0.05) is 36.8 Å². The summed E-state index contributed by atoms with van der Waals surface area (Å²) in [6.45, 7) is 10.3. The van der Waals surface area contributed by atoms with Crippen molar-refractivity contribution in [3.05, 3.63) is 10.0 Å². The van der Waals surface area contributed by atoms with Crippen molar-refractivity contribution >= 4 is 40.1 Å². The van der Waals surface area contributed by atoms with Crippen LogP contribution in [0.5, 0.6) is 0 Å². The summed E-state index contributed by atoms with van der Waals surface area (Å²) in [6.07, 6.45) is 1.66. The molecule has 1 N–H and O–H groups in total.